The molecule has 2 aromatic rings. The second-order valence-corrected chi connectivity index (χ2v) is 12.1. The second kappa shape index (κ2) is 7.96. The number of carbonyl (C=O) groups is 2. The number of methoxy groups -OCH3 is 1. The number of ether oxygens (including phenoxy) is 3. The smallest absolute Gasteiger partial charge is 0.265 e. The summed E-state index contributed by atoms with van der Waals surface area (Å²) in [6.07, 6.45) is 4.11. The van der Waals surface area contributed by atoms with E-state index in [1.54, 1.807) is 19.2 Å². The number of piperidine rings is 1. The first-order valence-electron chi connectivity index (χ1n) is 14.0. The molecule has 6 aliphatic rings. The van der Waals surface area contributed by atoms with E-state index in [9.17, 15) is 19.8 Å². The molecule has 0 radical (unpaired) electrons. The van der Waals surface area contributed by atoms with Gasteiger partial charge in [0.15, 0.2) is 18.3 Å². The van der Waals surface area contributed by atoms with E-state index in [0.717, 1.165) is 30.6 Å². The summed E-state index contributed by atoms with van der Waals surface area (Å²) < 4.78 is 17.9. The summed E-state index contributed by atoms with van der Waals surface area (Å²) >= 11 is 0. The van der Waals surface area contributed by atoms with Crippen LogP contribution in [0.2, 0.25) is 0 Å². The standard InChI is InChI=1S/C30H32N2O7/c1-37-15-38-21-8-7-17-13-22-30(36)10-9-19(32-27(34)18-3-2-4-20(33)23(18)28(32)35)26-29(30,24(17)25(21)39-26)11-12-31(22)14-16-5-6-16/h2-4,7-8,16,19,22,26,33,36H,5-6,9-15H2,1H3/t19?,22-,26+,29+,30?/m1/s1. The van der Waals surface area contributed by atoms with Gasteiger partial charge in [-0.25, -0.2) is 0 Å². The highest BCUT2D eigenvalue weighted by Gasteiger charge is 2.74. The lowest BCUT2D eigenvalue weighted by atomic mass is 9.48. The monoisotopic (exact) mass is 532 g/mol. The Bertz CT molecular complexity index is 1420. The molecule has 0 aromatic heterocycles. The minimum atomic E-state index is -1.07. The van der Waals surface area contributed by atoms with Crippen LogP contribution in [0.15, 0.2) is 30.3 Å². The van der Waals surface area contributed by atoms with Crippen LogP contribution in [-0.2, 0) is 16.6 Å². The van der Waals surface area contributed by atoms with Gasteiger partial charge in [0.25, 0.3) is 11.8 Å². The minimum Gasteiger partial charge on any atom is -0.507 e. The summed E-state index contributed by atoms with van der Waals surface area (Å²) in [7, 11) is 1.56. The number of hydrogen-bond donors (Lipinski definition) is 2. The van der Waals surface area contributed by atoms with Crippen LogP contribution in [0.5, 0.6) is 17.2 Å². The number of nitrogens with zero attached hydrogens (tertiary/aromatic N) is 2. The van der Waals surface area contributed by atoms with Crippen LogP contribution in [0.1, 0.15) is 63.9 Å². The van der Waals surface area contributed by atoms with Crippen molar-refractivity contribution in [1.82, 2.24) is 9.80 Å². The number of carbonyl (C=O) groups excluding carboxylic acids is 2. The largest absolute Gasteiger partial charge is 0.507 e. The van der Waals surface area contributed by atoms with E-state index in [-0.39, 0.29) is 29.7 Å². The zero-order valence-corrected chi connectivity index (χ0v) is 21.9. The first-order chi connectivity index (χ1) is 18.9. The maximum absolute atomic E-state index is 13.7. The third kappa shape index (κ3) is 2.90. The molecule has 3 aliphatic carbocycles. The summed E-state index contributed by atoms with van der Waals surface area (Å²) in [6, 6.07) is 7.92. The van der Waals surface area contributed by atoms with Crippen molar-refractivity contribution in [3.8, 4) is 17.2 Å². The number of phenolic OH excluding ortho intramolecular Hbond substituents is 1. The Morgan fingerprint density at radius 3 is 2.72 bits per heavy atom. The van der Waals surface area contributed by atoms with Gasteiger partial charge in [-0.3, -0.25) is 19.4 Å². The van der Waals surface area contributed by atoms with Crippen molar-refractivity contribution >= 4 is 11.8 Å². The molecule has 3 heterocycles. The molecule has 204 valence electrons. The van der Waals surface area contributed by atoms with Crippen LogP contribution in [-0.4, -0.2) is 82.6 Å². The molecular formula is C30H32N2O7. The number of fused-ring (bicyclic) bond motifs is 1. The fourth-order valence-corrected chi connectivity index (χ4v) is 8.53. The third-order valence-corrected chi connectivity index (χ3v) is 10.3. The van der Waals surface area contributed by atoms with Gasteiger partial charge in [0, 0.05) is 25.3 Å². The highest BCUT2D eigenvalue weighted by molar-refractivity contribution is 6.22. The summed E-state index contributed by atoms with van der Waals surface area (Å²) in [4.78, 5) is 31.1. The van der Waals surface area contributed by atoms with Gasteiger partial charge in [-0.05, 0) is 74.8 Å². The lowest BCUT2D eigenvalue weighted by Crippen LogP contribution is -2.78. The molecule has 5 atom stereocenters. The van der Waals surface area contributed by atoms with E-state index >= 15 is 0 Å². The molecule has 9 nitrogen and oxygen atoms in total. The van der Waals surface area contributed by atoms with Gasteiger partial charge in [0.1, 0.15) is 11.9 Å². The van der Waals surface area contributed by atoms with Crippen molar-refractivity contribution in [1.29, 1.82) is 0 Å². The molecule has 1 spiro atoms. The molecule has 9 heteroatoms. The molecule has 2 amide bonds. The van der Waals surface area contributed by atoms with E-state index in [1.165, 1.54) is 23.8 Å². The molecule has 1 saturated heterocycles. The van der Waals surface area contributed by atoms with Gasteiger partial charge in [0.05, 0.1) is 28.2 Å². The van der Waals surface area contributed by atoms with Crippen molar-refractivity contribution in [3.63, 3.8) is 0 Å². The Balaban J connectivity index is 1.27. The molecule has 3 aliphatic heterocycles. The molecule has 39 heavy (non-hydrogen) atoms. The molecule has 2 bridgehead atoms. The molecular weight excluding hydrogens is 500 g/mol. The minimum absolute atomic E-state index is 0.0434. The quantitative estimate of drug-likeness (QED) is 0.432. The first kappa shape index (κ1) is 23.7. The Labute approximate surface area is 226 Å². The Hall–Kier alpha value is -3.14. The van der Waals surface area contributed by atoms with Crippen LogP contribution in [0.25, 0.3) is 0 Å². The summed E-state index contributed by atoms with van der Waals surface area (Å²) in [6.45, 7) is 1.86. The summed E-state index contributed by atoms with van der Waals surface area (Å²) in [5.74, 6) is 0.703. The van der Waals surface area contributed by atoms with Crippen molar-refractivity contribution < 1.29 is 34.0 Å². The van der Waals surface area contributed by atoms with Crippen molar-refractivity contribution in [2.45, 2.75) is 67.7 Å². The van der Waals surface area contributed by atoms with E-state index < -0.39 is 35.0 Å². The van der Waals surface area contributed by atoms with Crippen LogP contribution in [0.3, 0.4) is 0 Å². The van der Waals surface area contributed by atoms with E-state index in [1.807, 2.05) is 6.07 Å². The lowest BCUT2D eigenvalue weighted by molar-refractivity contribution is -0.196. The van der Waals surface area contributed by atoms with E-state index in [0.29, 0.717) is 36.7 Å². The topological polar surface area (TPSA) is 109 Å². The zero-order chi connectivity index (χ0) is 26.7. The van der Waals surface area contributed by atoms with Gasteiger partial charge in [0.2, 0.25) is 0 Å². The third-order valence-electron chi connectivity index (χ3n) is 10.3. The van der Waals surface area contributed by atoms with Gasteiger partial charge in [-0.15, -0.1) is 0 Å². The number of likely N-dealkylation sites (tertiary alicyclic amines) is 1. The number of benzene rings is 2. The maximum Gasteiger partial charge on any atom is 0.265 e. The predicted molar refractivity (Wildman–Crippen MR) is 138 cm³/mol. The van der Waals surface area contributed by atoms with Crippen molar-refractivity contribution in [2.75, 3.05) is 27.0 Å². The highest BCUT2D eigenvalue weighted by Crippen LogP contribution is 2.66. The maximum atomic E-state index is 13.7. The Morgan fingerprint density at radius 1 is 1.10 bits per heavy atom. The number of aliphatic hydroxyl groups is 1. The van der Waals surface area contributed by atoms with Crippen molar-refractivity contribution in [2.24, 2.45) is 5.92 Å². The van der Waals surface area contributed by atoms with Gasteiger partial charge >= 0.3 is 0 Å². The van der Waals surface area contributed by atoms with E-state index in [2.05, 4.69) is 11.0 Å². The predicted octanol–water partition coefficient (Wildman–Crippen LogP) is 2.60. The van der Waals surface area contributed by atoms with Crippen LogP contribution < -0.4 is 9.47 Å². The number of amides is 2. The van der Waals surface area contributed by atoms with Gasteiger partial charge in [-0.2, -0.15) is 0 Å². The normalized spacial score (nSPS) is 34.1. The molecule has 2 N–H and O–H groups in total. The number of rotatable bonds is 6. The lowest BCUT2D eigenvalue weighted by Gasteiger charge is -2.64. The zero-order valence-electron chi connectivity index (χ0n) is 21.9. The fraction of sp³-hybridized carbons (Fsp3) is 0.533. The second-order valence-electron chi connectivity index (χ2n) is 12.1. The van der Waals surface area contributed by atoms with Gasteiger partial charge < -0.3 is 24.4 Å². The summed E-state index contributed by atoms with van der Waals surface area (Å²) in [5, 5.41) is 23.2. The van der Waals surface area contributed by atoms with Crippen LogP contribution >= 0.6 is 0 Å². The van der Waals surface area contributed by atoms with Crippen LogP contribution in [0, 0.1) is 5.92 Å². The van der Waals surface area contributed by atoms with E-state index in [4.69, 9.17) is 14.2 Å². The number of aromatic hydroxyl groups is 1. The average molecular weight is 533 g/mol. The summed E-state index contributed by atoms with van der Waals surface area (Å²) in [5.41, 5.74) is 0.498. The van der Waals surface area contributed by atoms with Crippen molar-refractivity contribution in [3.05, 3.63) is 52.6 Å². The molecule has 8 rings (SSSR count). The molecule has 2 saturated carbocycles. The SMILES string of the molecule is COCOc1ccc2c3c1O[C@H]1C(N4C(=O)c5cccc(O)c5C4=O)CCC4(O)[C@@H](C2)N(CC2CC2)CC[C@]314. The molecule has 2 unspecified atom stereocenters. The number of phenols is 1. The molecule has 2 aromatic carbocycles. The fourth-order valence-electron chi connectivity index (χ4n) is 8.53. The first-order valence-corrected chi connectivity index (χ1v) is 14.0. The number of imide groups is 1. The van der Waals surface area contributed by atoms with Gasteiger partial charge in [-0.1, -0.05) is 12.1 Å². The Morgan fingerprint density at radius 2 is 1.95 bits per heavy atom. The molecule has 3 fully saturated rings. The average Bonchev–Trinajstić information content (AvgIpc) is 3.61. The highest BCUT2D eigenvalue weighted by atomic mass is 16.7. The van der Waals surface area contributed by atoms with Crippen LogP contribution in [0.4, 0.5) is 0 Å². The number of hydrogen-bond acceptors (Lipinski definition) is 8. The Kier molecular flexibility index (Phi) is 4.84.